The molecule has 0 saturated carbocycles. The van der Waals surface area contributed by atoms with E-state index < -0.39 is 0 Å². The molecule has 1 atom stereocenters. The summed E-state index contributed by atoms with van der Waals surface area (Å²) >= 11 is 0. The molecular weight excluding hydrogens is 200 g/mol. The number of hydrogen-bond acceptors (Lipinski definition) is 2. The number of carbonyl (C=O) groups excluding carboxylic acids is 1. The van der Waals surface area contributed by atoms with E-state index in [2.05, 4.69) is 0 Å². The summed E-state index contributed by atoms with van der Waals surface area (Å²) in [5.41, 5.74) is 1.17. The van der Waals surface area contributed by atoms with Crippen LogP contribution in [0.25, 0.3) is 6.08 Å². The van der Waals surface area contributed by atoms with Gasteiger partial charge in [-0.2, -0.15) is 0 Å². The first kappa shape index (κ1) is 10.7. The van der Waals surface area contributed by atoms with E-state index in [4.69, 9.17) is 4.74 Å². The van der Waals surface area contributed by atoms with Crippen LogP contribution in [0.1, 0.15) is 18.4 Å². The summed E-state index contributed by atoms with van der Waals surface area (Å²) in [6, 6.07) is 10.1. The lowest BCUT2D eigenvalue weighted by atomic mass is 10.1. The zero-order chi connectivity index (χ0) is 11.2. The van der Waals surface area contributed by atoms with Gasteiger partial charge < -0.3 is 4.74 Å². The first-order valence-corrected chi connectivity index (χ1v) is 5.43. The first-order chi connectivity index (χ1) is 7.84. The van der Waals surface area contributed by atoms with Crippen LogP contribution in [0.5, 0.6) is 0 Å². The zero-order valence-corrected chi connectivity index (χ0v) is 9.00. The molecule has 1 unspecified atom stereocenters. The lowest BCUT2D eigenvalue weighted by Gasteiger charge is -2.16. The molecule has 0 spiro atoms. The summed E-state index contributed by atoms with van der Waals surface area (Å²) in [5.74, 6) is -0.232. The highest BCUT2D eigenvalue weighted by molar-refractivity contribution is 5.82. The Kier molecular flexibility index (Phi) is 3.54. The van der Waals surface area contributed by atoms with Crippen molar-refractivity contribution in [3.05, 3.63) is 54.1 Å². The van der Waals surface area contributed by atoms with E-state index in [-0.39, 0.29) is 12.1 Å². The van der Waals surface area contributed by atoms with Gasteiger partial charge in [-0.25, -0.2) is 4.79 Å². The summed E-state index contributed by atoms with van der Waals surface area (Å²) in [7, 11) is 0. The maximum absolute atomic E-state index is 11.0. The minimum atomic E-state index is -0.232. The van der Waals surface area contributed by atoms with E-state index in [1.165, 1.54) is 11.6 Å². The Morgan fingerprint density at radius 2 is 2.12 bits per heavy atom. The van der Waals surface area contributed by atoms with Crippen molar-refractivity contribution < 1.29 is 9.53 Å². The predicted molar refractivity (Wildman–Crippen MR) is 63.7 cm³/mol. The third-order valence-corrected chi connectivity index (χ3v) is 2.44. The molecule has 2 heteroatoms. The maximum atomic E-state index is 11.0. The van der Waals surface area contributed by atoms with E-state index in [0.29, 0.717) is 0 Å². The van der Waals surface area contributed by atoms with Crippen molar-refractivity contribution in [2.75, 3.05) is 0 Å². The minimum absolute atomic E-state index is 0.00235. The van der Waals surface area contributed by atoms with Gasteiger partial charge in [-0.1, -0.05) is 48.6 Å². The van der Waals surface area contributed by atoms with Crippen LogP contribution < -0.4 is 0 Å². The number of benzene rings is 1. The van der Waals surface area contributed by atoms with Gasteiger partial charge >= 0.3 is 5.97 Å². The second-order valence-corrected chi connectivity index (χ2v) is 3.75. The molecular formula is C14H14O2. The number of esters is 1. The second kappa shape index (κ2) is 5.31. The Bertz CT molecular complexity index is 404. The molecule has 2 nitrogen and oxygen atoms in total. The quantitative estimate of drug-likeness (QED) is 0.723. The van der Waals surface area contributed by atoms with Crippen LogP contribution in [0.2, 0.25) is 0 Å². The Labute approximate surface area is 95.2 Å². The van der Waals surface area contributed by atoms with Crippen LogP contribution in [0, 0.1) is 0 Å². The molecule has 0 saturated heterocycles. The fraction of sp³-hybridized carbons (Fsp3) is 0.214. The fourth-order valence-electron chi connectivity index (χ4n) is 1.63. The van der Waals surface area contributed by atoms with Crippen molar-refractivity contribution >= 4 is 12.0 Å². The van der Waals surface area contributed by atoms with Gasteiger partial charge in [0.05, 0.1) is 0 Å². The molecule has 1 aliphatic rings. The number of hydrogen-bond donors (Lipinski definition) is 0. The van der Waals surface area contributed by atoms with Crippen LogP contribution in [-0.4, -0.2) is 12.1 Å². The summed E-state index contributed by atoms with van der Waals surface area (Å²) in [6.07, 6.45) is 9.02. The van der Waals surface area contributed by atoms with Crippen LogP contribution in [0.15, 0.2) is 48.6 Å². The molecule has 1 aromatic carbocycles. The van der Waals surface area contributed by atoms with E-state index in [9.17, 15) is 4.79 Å². The van der Waals surface area contributed by atoms with Gasteiger partial charge in [-0.15, -0.1) is 0 Å². The normalized spacial score (nSPS) is 20.0. The maximum Gasteiger partial charge on any atom is 0.330 e. The SMILES string of the molecule is O=C1C=CCC(C/C=C/c2ccccc2)O1. The van der Waals surface area contributed by atoms with E-state index >= 15 is 0 Å². The van der Waals surface area contributed by atoms with Gasteiger partial charge in [0.1, 0.15) is 6.10 Å². The topological polar surface area (TPSA) is 26.3 Å². The number of ether oxygens (including phenoxy) is 1. The lowest BCUT2D eigenvalue weighted by molar-refractivity contribution is -0.143. The third kappa shape index (κ3) is 3.09. The third-order valence-electron chi connectivity index (χ3n) is 2.44. The first-order valence-electron chi connectivity index (χ1n) is 5.43. The molecule has 82 valence electrons. The molecule has 16 heavy (non-hydrogen) atoms. The smallest absolute Gasteiger partial charge is 0.330 e. The molecule has 0 radical (unpaired) electrons. The molecule has 0 N–H and O–H groups in total. The van der Waals surface area contributed by atoms with Crippen molar-refractivity contribution in [3.8, 4) is 0 Å². The van der Waals surface area contributed by atoms with Crippen LogP contribution >= 0.6 is 0 Å². The van der Waals surface area contributed by atoms with Crippen LogP contribution in [-0.2, 0) is 9.53 Å². The van der Waals surface area contributed by atoms with Crippen molar-refractivity contribution in [1.29, 1.82) is 0 Å². The summed E-state index contributed by atoms with van der Waals surface area (Å²) in [4.78, 5) is 11.0. The van der Waals surface area contributed by atoms with Gasteiger partial charge in [0.15, 0.2) is 0 Å². The van der Waals surface area contributed by atoms with Gasteiger partial charge in [0.2, 0.25) is 0 Å². The molecule has 1 aliphatic heterocycles. The Morgan fingerprint density at radius 1 is 1.31 bits per heavy atom. The van der Waals surface area contributed by atoms with Gasteiger partial charge in [-0.3, -0.25) is 0 Å². The van der Waals surface area contributed by atoms with Crippen LogP contribution in [0.4, 0.5) is 0 Å². The predicted octanol–water partition coefficient (Wildman–Crippen LogP) is 2.96. The highest BCUT2D eigenvalue weighted by Gasteiger charge is 2.13. The molecule has 0 fully saturated rings. The monoisotopic (exact) mass is 214 g/mol. The second-order valence-electron chi connectivity index (χ2n) is 3.75. The average Bonchev–Trinajstić information content (AvgIpc) is 2.30. The van der Waals surface area contributed by atoms with Crippen LogP contribution in [0.3, 0.4) is 0 Å². The highest BCUT2D eigenvalue weighted by Crippen LogP contribution is 2.12. The zero-order valence-electron chi connectivity index (χ0n) is 9.00. The number of cyclic esters (lactones) is 1. The Hall–Kier alpha value is -1.83. The standard InChI is InChI=1S/C14H14O2/c15-14-11-5-10-13(16-14)9-4-8-12-6-2-1-3-7-12/h1-8,11,13H,9-10H2/b8-4+. The molecule has 0 aromatic heterocycles. The van der Waals surface area contributed by atoms with Crippen molar-refractivity contribution in [2.24, 2.45) is 0 Å². The van der Waals surface area contributed by atoms with Crippen molar-refractivity contribution in [3.63, 3.8) is 0 Å². The molecule has 1 heterocycles. The molecule has 1 aromatic rings. The Balaban J connectivity index is 1.86. The largest absolute Gasteiger partial charge is 0.459 e. The number of carbonyl (C=O) groups is 1. The average molecular weight is 214 g/mol. The lowest BCUT2D eigenvalue weighted by Crippen LogP contribution is -2.18. The van der Waals surface area contributed by atoms with E-state index in [1.54, 1.807) is 0 Å². The van der Waals surface area contributed by atoms with Crippen molar-refractivity contribution in [2.45, 2.75) is 18.9 Å². The fourth-order valence-corrected chi connectivity index (χ4v) is 1.63. The molecule has 0 amide bonds. The number of rotatable bonds is 3. The van der Waals surface area contributed by atoms with Gasteiger partial charge in [0, 0.05) is 18.9 Å². The Morgan fingerprint density at radius 3 is 2.88 bits per heavy atom. The van der Waals surface area contributed by atoms with Gasteiger partial charge in [-0.05, 0) is 5.56 Å². The van der Waals surface area contributed by atoms with E-state index in [1.807, 2.05) is 48.6 Å². The molecule has 0 aliphatic carbocycles. The molecule has 0 bridgehead atoms. The highest BCUT2D eigenvalue weighted by atomic mass is 16.5. The summed E-state index contributed by atoms with van der Waals surface area (Å²) < 4.78 is 5.15. The minimum Gasteiger partial charge on any atom is -0.459 e. The van der Waals surface area contributed by atoms with Gasteiger partial charge in [0.25, 0.3) is 0 Å². The summed E-state index contributed by atoms with van der Waals surface area (Å²) in [5, 5.41) is 0. The molecule has 2 rings (SSSR count). The van der Waals surface area contributed by atoms with E-state index in [0.717, 1.165) is 12.8 Å². The van der Waals surface area contributed by atoms with Crippen molar-refractivity contribution in [1.82, 2.24) is 0 Å². The summed E-state index contributed by atoms with van der Waals surface area (Å²) in [6.45, 7) is 0.